The van der Waals surface area contributed by atoms with Crippen LogP contribution in [0.4, 0.5) is 0 Å². The maximum Gasteiger partial charge on any atom is 0.00701 e. The van der Waals surface area contributed by atoms with Gasteiger partial charge in [-0.05, 0) is 50.5 Å². The van der Waals surface area contributed by atoms with Crippen molar-refractivity contribution in [3.05, 3.63) is 0 Å². The van der Waals surface area contributed by atoms with Crippen molar-refractivity contribution in [3.8, 4) is 0 Å². The summed E-state index contributed by atoms with van der Waals surface area (Å²) in [6.07, 6.45) is 5.59. The molecule has 4 unspecified atom stereocenters. The second-order valence-electron chi connectivity index (χ2n) is 5.83. The first kappa shape index (κ1) is 11.4. The zero-order valence-electron chi connectivity index (χ0n) is 10.3. The molecule has 0 spiro atoms. The van der Waals surface area contributed by atoms with Gasteiger partial charge in [-0.1, -0.05) is 13.3 Å². The molecule has 0 bridgehead atoms. The number of nitrogens with zero attached hydrogens (tertiary/aromatic N) is 1. The number of hydrogen-bond donors (Lipinski definition) is 1. The fraction of sp³-hybridized carbons (Fsp3) is 1.00. The van der Waals surface area contributed by atoms with Gasteiger partial charge in [0.15, 0.2) is 0 Å². The molecule has 2 nitrogen and oxygen atoms in total. The maximum absolute atomic E-state index is 5.84. The van der Waals surface area contributed by atoms with Crippen LogP contribution in [0.1, 0.15) is 39.5 Å². The predicted octanol–water partition coefficient (Wildman–Crippen LogP) is 2.09. The highest BCUT2D eigenvalue weighted by molar-refractivity contribution is 4.86. The van der Waals surface area contributed by atoms with Gasteiger partial charge in [-0.25, -0.2) is 0 Å². The minimum atomic E-state index is 0.805. The summed E-state index contributed by atoms with van der Waals surface area (Å²) in [5.74, 6) is 2.61. The van der Waals surface area contributed by atoms with Crippen LogP contribution in [-0.4, -0.2) is 30.6 Å². The van der Waals surface area contributed by atoms with E-state index < -0.39 is 0 Å². The molecule has 88 valence electrons. The molecule has 2 aliphatic rings. The van der Waals surface area contributed by atoms with Gasteiger partial charge in [0.1, 0.15) is 0 Å². The van der Waals surface area contributed by atoms with Gasteiger partial charge in [-0.3, -0.25) is 0 Å². The Morgan fingerprint density at radius 2 is 1.93 bits per heavy atom. The van der Waals surface area contributed by atoms with E-state index in [0.717, 1.165) is 30.3 Å². The van der Waals surface area contributed by atoms with Crippen molar-refractivity contribution in [1.29, 1.82) is 0 Å². The monoisotopic (exact) mass is 210 g/mol. The molecule has 4 atom stereocenters. The summed E-state index contributed by atoms with van der Waals surface area (Å²) >= 11 is 0. The summed E-state index contributed by atoms with van der Waals surface area (Å²) in [7, 11) is 0. The van der Waals surface area contributed by atoms with Crippen molar-refractivity contribution in [2.45, 2.75) is 45.6 Å². The molecule has 0 aromatic carbocycles. The molecule has 2 fully saturated rings. The second-order valence-corrected chi connectivity index (χ2v) is 5.83. The predicted molar refractivity (Wildman–Crippen MR) is 64.7 cm³/mol. The van der Waals surface area contributed by atoms with Crippen LogP contribution < -0.4 is 5.73 Å². The van der Waals surface area contributed by atoms with Crippen molar-refractivity contribution in [3.63, 3.8) is 0 Å². The molecule has 0 amide bonds. The van der Waals surface area contributed by atoms with E-state index in [4.69, 9.17) is 5.73 Å². The Morgan fingerprint density at radius 3 is 2.53 bits per heavy atom. The fourth-order valence-corrected chi connectivity index (χ4v) is 3.61. The molecule has 0 aromatic rings. The SMILES string of the molecule is CC1CC(C)N(CC2CCCC2CN)C1. The minimum absolute atomic E-state index is 0.805. The highest BCUT2D eigenvalue weighted by Crippen LogP contribution is 2.33. The van der Waals surface area contributed by atoms with Gasteiger partial charge in [0.05, 0.1) is 0 Å². The Hall–Kier alpha value is -0.0800. The largest absolute Gasteiger partial charge is 0.330 e. The van der Waals surface area contributed by atoms with Gasteiger partial charge < -0.3 is 10.6 Å². The van der Waals surface area contributed by atoms with E-state index in [1.54, 1.807) is 0 Å². The molecule has 0 aromatic heterocycles. The molecule has 1 aliphatic carbocycles. The van der Waals surface area contributed by atoms with E-state index in [0.29, 0.717) is 0 Å². The Morgan fingerprint density at radius 1 is 1.20 bits per heavy atom. The van der Waals surface area contributed by atoms with Gasteiger partial charge in [-0.2, -0.15) is 0 Å². The Balaban J connectivity index is 1.85. The van der Waals surface area contributed by atoms with Crippen molar-refractivity contribution in [2.75, 3.05) is 19.6 Å². The highest BCUT2D eigenvalue weighted by Gasteiger charge is 2.32. The van der Waals surface area contributed by atoms with E-state index in [-0.39, 0.29) is 0 Å². The van der Waals surface area contributed by atoms with Crippen LogP contribution in [0.3, 0.4) is 0 Å². The lowest BCUT2D eigenvalue weighted by Crippen LogP contribution is -2.35. The molecule has 1 saturated heterocycles. The summed E-state index contributed by atoms with van der Waals surface area (Å²) < 4.78 is 0. The average Bonchev–Trinajstić information content (AvgIpc) is 2.74. The molecule has 2 heteroatoms. The average molecular weight is 210 g/mol. The van der Waals surface area contributed by atoms with Crippen LogP contribution in [0.2, 0.25) is 0 Å². The van der Waals surface area contributed by atoms with E-state index in [9.17, 15) is 0 Å². The molecule has 0 radical (unpaired) electrons. The first-order valence-corrected chi connectivity index (χ1v) is 6.64. The molecule has 15 heavy (non-hydrogen) atoms. The summed E-state index contributed by atoms with van der Waals surface area (Å²) in [4.78, 5) is 2.70. The third kappa shape index (κ3) is 2.54. The molecule has 2 rings (SSSR count). The Bertz CT molecular complexity index is 205. The van der Waals surface area contributed by atoms with Crippen LogP contribution in [0, 0.1) is 17.8 Å². The van der Waals surface area contributed by atoms with Crippen LogP contribution in [0.15, 0.2) is 0 Å². The molecule has 2 N–H and O–H groups in total. The zero-order chi connectivity index (χ0) is 10.8. The lowest BCUT2D eigenvalue weighted by Gasteiger charge is -2.27. The Labute approximate surface area is 94.2 Å². The van der Waals surface area contributed by atoms with E-state index in [1.165, 1.54) is 38.8 Å². The number of nitrogens with two attached hydrogens (primary N) is 1. The third-order valence-electron chi connectivity index (χ3n) is 4.50. The summed E-state index contributed by atoms with van der Waals surface area (Å²) in [5.41, 5.74) is 5.84. The van der Waals surface area contributed by atoms with Crippen molar-refractivity contribution in [1.82, 2.24) is 4.90 Å². The van der Waals surface area contributed by atoms with Crippen LogP contribution in [-0.2, 0) is 0 Å². The smallest absolute Gasteiger partial charge is 0.00701 e. The topological polar surface area (TPSA) is 29.3 Å². The number of hydrogen-bond acceptors (Lipinski definition) is 2. The molecular formula is C13H26N2. The quantitative estimate of drug-likeness (QED) is 0.773. The maximum atomic E-state index is 5.84. The van der Waals surface area contributed by atoms with Gasteiger partial charge in [0, 0.05) is 19.1 Å². The van der Waals surface area contributed by atoms with E-state index in [2.05, 4.69) is 18.7 Å². The van der Waals surface area contributed by atoms with Gasteiger partial charge in [-0.15, -0.1) is 0 Å². The molecular weight excluding hydrogens is 184 g/mol. The van der Waals surface area contributed by atoms with Crippen LogP contribution >= 0.6 is 0 Å². The second kappa shape index (κ2) is 4.84. The molecule has 1 heterocycles. The minimum Gasteiger partial charge on any atom is -0.330 e. The molecule has 1 aliphatic heterocycles. The van der Waals surface area contributed by atoms with Crippen molar-refractivity contribution >= 4 is 0 Å². The van der Waals surface area contributed by atoms with E-state index in [1.807, 2.05) is 0 Å². The normalized spacial score (nSPS) is 42.6. The summed E-state index contributed by atoms with van der Waals surface area (Å²) in [6, 6.07) is 0.805. The van der Waals surface area contributed by atoms with Crippen molar-refractivity contribution < 1.29 is 0 Å². The van der Waals surface area contributed by atoms with E-state index >= 15 is 0 Å². The third-order valence-corrected chi connectivity index (χ3v) is 4.50. The highest BCUT2D eigenvalue weighted by atomic mass is 15.2. The first-order chi connectivity index (χ1) is 7.20. The standard InChI is InChI=1S/C13H26N2/c1-10-6-11(2)15(8-10)9-13-5-3-4-12(13)7-14/h10-13H,3-9,14H2,1-2H3. The van der Waals surface area contributed by atoms with Gasteiger partial charge >= 0.3 is 0 Å². The van der Waals surface area contributed by atoms with Gasteiger partial charge in [0.2, 0.25) is 0 Å². The number of rotatable bonds is 3. The van der Waals surface area contributed by atoms with Crippen LogP contribution in [0.25, 0.3) is 0 Å². The van der Waals surface area contributed by atoms with Crippen LogP contribution in [0.5, 0.6) is 0 Å². The summed E-state index contributed by atoms with van der Waals surface area (Å²) in [5, 5.41) is 0. The summed E-state index contributed by atoms with van der Waals surface area (Å²) in [6.45, 7) is 8.30. The Kier molecular flexibility index (Phi) is 3.68. The number of likely N-dealkylation sites (tertiary alicyclic amines) is 1. The first-order valence-electron chi connectivity index (χ1n) is 6.64. The van der Waals surface area contributed by atoms with Gasteiger partial charge in [0.25, 0.3) is 0 Å². The fourth-order valence-electron chi connectivity index (χ4n) is 3.61. The lowest BCUT2D eigenvalue weighted by atomic mass is 9.95. The molecule has 1 saturated carbocycles. The lowest BCUT2D eigenvalue weighted by molar-refractivity contribution is 0.199. The zero-order valence-corrected chi connectivity index (χ0v) is 10.3. The van der Waals surface area contributed by atoms with Crippen molar-refractivity contribution in [2.24, 2.45) is 23.5 Å².